The second-order valence-corrected chi connectivity index (χ2v) is 8.96. The van der Waals surface area contributed by atoms with Crippen molar-refractivity contribution in [3.8, 4) is 11.5 Å². The predicted octanol–water partition coefficient (Wildman–Crippen LogP) is 5.77. The fraction of sp³-hybridized carbons (Fsp3) is 0.154. The van der Waals surface area contributed by atoms with Crippen molar-refractivity contribution in [2.45, 2.75) is 23.2 Å². The van der Waals surface area contributed by atoms with Crippen molar-refractivity contribution < 1.29 is 23.8 Å². The normalized spacial score (nSPS) is 12.6. The zero-order chi connectivity index (χ0) is 23.1. The number of aliphatic carboxylic acids is 1. The zero-order valence-corrected chi connectivity index (χ0v) is 18.8. The van der Waals surface area contributed by atoms with Gasteiger partial charge < -0.3 is 19.0 Å². The van der Waals surface area contributed by atoms with Crippen molar-refractivity contribution in [3.63, 3.8) is 0 Å². The van der Waals surface area contributed by atoms with Crippen molar-refractivity contribution in [3.05, 3.63) is 108 Å². The molecule has 3 aromatic carbocycles. The van der Waals surface area contributed by atoms with E-state index in [1.54, 1.807) is 30.2 Å². The highest BCUT2D eigenvalue weighted by Gasteiger charge is 2.33. The van der Waals surface area contributed by atoms with Crippen LogP contribution in [0.1, 0.15) is 23.7 Å². The van der Waals surface area contributed by atoms with E-state index in [-0.39, 0.29) is 6.61 Å². The second-order valence-electron chi connectivity index (χ2n) is 7.46. The van der Waals surface area contributed by atoms with E-state index in [4.69, 9.17) is 19.0 Å². The Morgan fingerprint density at radius 2 is 1.79 bits per heavy atom. The van der Waals surface area contributed by atoms with Crippen LogP contribution in [-0.4, -0.2) is 22.7 Å². The van der Waals surface area contributed by atoms with Gasteiger partial charge in [0.1, 0.15) is 24.4 Å². The molecule has 1 N–H and O–H groups in total. The first kappa shape index (κ1) is 22.5. The third kappa shape index (κ3) is 5.75. The van der Waals surface area contributed by atoms with Gasteiger partial charge in [-0.25, -0.2) is 9.78 Å². The Hall–Kier alpha value is -3.71. The molecule has 0 bridgehead atoms. The molecule has 1 heterocycles. The number of oxazole rings is 1. The molecule has 7 heteroatoms. The Labute approximate surface area is 196 Å². The van der Waals surface area contributed by atoms with Crippen LogP contribution in [0.15, 0.2) is 101 Å². The second kappa shape index (κ2) is 10.3. The van der Waals surface area contributed by atoms with Crippen molar-refractivity contribution in [1.29, 1.82) is 0 Å². The fourth-order valence-electron chi connectivity index (χ4n) is 3.32. The molecule has 4 aromatic rings. The maximum absolute atomic E-state index is 10.7. The van der Waals surface area contributed by atoms with E-state index in [2.05, 4.69) is 11.9 Å². The van der Waals surface area contributed by atoms with Crippen LogP contribution in [0.4, 0.5) is 0 Å². The van der Waals surface area contributed by atoms with Gasteiger partial charge in [0.15, 0.2) is 13.0 Å². The average Bonchev–Trinajstić information content (AvgIpc) is 3.39. The van der Waals surface area contributed by atoms with Crippen LogP contribution in [0.2, 0.25) is 0 Å². The number of hydrogen-bond donors (Lipinski definition) is 1. The van der Waals surface area contributed by atoms with Crippen LogP contribution >= 0.6 is 11.8 Å². The van der Waals surface area contributed by atoms with Gasteiger partial charge in [-0.05, 0) is 54.4 Å². The lowest BCUT2D eigenvalue weighted by Crippen LogP contribution is -2.20. The monoisotopic (exact) mass is 461 g/mol. The van der Waals surface area contributed by atoms with E-state index < -0.39 is 10.7 Å². The minimum absolute atomic E-state index is 0.376. The fourth-order valence-corrected chi connectivity index (χ4v) is 4.51. The minimum atomic E-state index is -1.01. The van der Waals surface area contributed by atoms with Gasteiger partial charge in [-0.2, -0.15) is 0 Å². The van der Waals surface area contributed by atoms with Crippen LogP contribution in [0.5, 0.6) is 11.5 Å². The number of carboxylic acid groups (broad SMARTS) is 1. The number of hydrogen-bond acceptors (Lipinski definition) is 6. The third-order valence-electron chi connectivity index (χ3n) is 5.06. The van der Waals surface area contributed by atoms with Crippen LogP contribution in [-0.2, 0) is 16.1 Å². The lowest BCUT2D eigenvalue weighted by Gasteiger charge is -2.28. The summed E-state index contributed by atoms with van der Waals surface area (Å²) in [5.74, 6) is 0.256. The number of rotatable bonds is 10. The number of ether oxygens (including phenoxy) is 2. The first-order valence-corrected chi connectivity index (χ1v) is 11.1. The van der Waals surface area contributed by atoms with E-state index in [0.29, 0.717) is 12.4 Å². The van der Waals surface area contributed by atoms with Gasteiger partial charge in [0, 0.05) is 4.90 Å². The molecule has 0 radical (unpaired) electrons. The van der Waals surface area contributed by atoms with Crippen LogP contribution in [0.3, 0.4) is 0 Å². The number of thioether (sulfide) groups is 1. The summed E-state index contributed by atoms with van der Waals surface area (Å²) >= 11 is 1.61. The zero-order valence-electron chi connectivity index (χ0n) is 18.0. The maximum Gasteiger partial charge on any atom is 0.341 e. The van der Waals surface area contributed by atoms with Gasteiger partial charge in [-0.1, -0.05) is 42.5 Å². The van der Waals surface area contributed by atoms with Crippen LogP contribution in [0, 0.1) is 0 Å². The van der Waals surface area contributed by atoms with Gasteiger partial charge >= 0.3 is 5.97 Å². The summed E-state index contributed by atoms with van der Waals surface area (Å²) in [6.45, 7) is 2.19. The first-order valence-electron chi connectivity index (χ1n) is 10.3. The predicted molar refractivity (Wildman–Crippen MR) is 126 cm³/mol. The number of aromatic nitrogens is 1. The Morgan fingerprint density at radius 1 is 1.00 bits per heavy atom. The topological polar surface area (TPSA) is 81.8 Å². The number of nitrogens with zero attached hydrogens (tertiary/aromatic N) is 1. The van der Waals surface area contributed by atoms with E-state index in [1.165, 1.54) is 6.39 Å². The van der Waals surface area contributed by atoms with E-state index >= 15 is 0 Å². The summed E-state index contributed by atoms with van der Waals surface area (Å²) in [7, 11) is 0. The molecule has 1 aromatic heterocycles. The molecular formula is C26H23NO5S. The molecule has 0 saturated heterocycles. The molecule has 0 aliphatic heterocycles. The highest BCUT2D eigenvalue weighted by molar-refractivity contribution is 8.00. The summed E-state index contributed by atoms with van der Waals surface area (Å²) in [5.41, 5.74) is 2.89. The number of carboxylic acids is 1. The molecule has 0 aliphatic rings. The molecule has 1 atom stereocenters. The van der Waals surface area contributed by atoms with Crippen molar-refractivity contribution in [2.75, 3.05) is 6.61 Å². The van der Waals surface area contributed by atoms with Crippen molar-refractivity contribution >= 4 is 17.7 Å². The Kier molecular flexibility index (Phi) is 7.00. The van der Waals surface area contributed by atoms with Crippen molar-refractivity contribution in [2.24, 2.45) is 0 Å². The van der Waals surface area contributed by atoms with Gasteiger partial charge in [-0.15, -0.1) is 11.8 Å². The van der Waals surface area contributed by atoms with E-state index in [0.717, 1.165) is 27.5 Å². The molecule has 0 aliphatic carbocycles. The smallest absolute Gasteiger partial charge is 0.341 e. The lowest BCUT2D eigenvalue weighted by molar-refractivity contribution is -0.139. The Morgan fingerprint density at radius 3 is 2.48 bits per heavy atom. The maximum atomic E-state index is 10.7. The van der Waals surface area contributed by atoms with Gasteiger partial charge in [0.2, 0.25) is 0 Å². The standard InChI is InChI=1S/C26H23NO5S/c1-26(24-16-30-18-27-24,33-23-12-10-21(11-13-23)32-17-25(28)29)20-8-5-9-22(14-20)31-15-19-6-3-2-4-7-19/h2-14,16,18H,15,17H2,1H3,(H,28,29). The summed E-state index contributed by atoms with van der Waals surface area (Å²) in [5, 5.41) is 8.78. The molecule has 33 heavy (non-hydrogen) atoms. The van der Waals surface area contributed by atoms with Crippen LogP contribution < -0.4 is 9.47 Å². The molecule has 0 saturated carbocycles. The number of benzene rings is 3. The molecular weight excluding hydrogens is 438 g/mol. The van der Waals surface area contributed by atoms with Crippen molar-refractivity contribution in [1.82, 2.24) is 4.98 Å². The van der Waals surface area contributed by atoms with Gasteiger partial charge in [0.05, 0.1) is 10.4 Å². The van der Waals surface area contributed by atoms with Gasteiger partial charge in [-0.3, -0.25) is 0 Å². The average molecular weight is 462 g/mol. The summed E-state index contributed by atoms with van der Waals surface area (Å²) in [6.07, 6.45) is 3.07. The molecule has 6 nitrogen and oxygen atoms in total. The molecule has 0 fully saturated rings. The largest absolute Gasteiger partial charge is 0.489 e. The molecule has 168 valence electrons. The highest BCUT2D eigenvalue weighted by Crippen LogP contribution is 2.46. The SMILES string of the molecule is CC(Sc1ccc(OCC(=O)O)cc1)(c1cccc(OCc2ccccc2)c1)c1cocn1. The molecule has 1 unspecified atom stereocenters. The van der Waals surface area contributed by atoms with Crippen LogP contribution in [0.25, 0.3) is 0 Å². The molecule has 0 amide bonds. The number of carbonyl (C=O) groups is 1. The quantitative estimate of drug-likeness (QED) is 0.300. The Bertz CT molecular complexity index is 1180. The third-order valence-corrected chi connectivity index (χ3v) is 6.42. The van der Waals surface area contributed by atoms with E-state index in [9.17, 15) is 4.79 Å². The lowest BCUT2D eigenvalue weighted by atomic mass is 9.97. The molecule has 4 rings (SSSR count). The summed E-state index contributed by atoms with van der Waals surface area (Å²) in [4.78, 5) is 16.1. The van der Waals surface area contributed by atoms with E-state index in [1.807, 2.05) is 66.7 Å². The summed E-state index contributed by atoms with van der Waals surface area (Å²) < 4.78 is 16.0. The molecule has 0 spiro atoms. The minimum Gasteiger partial charge on any atom is -0.489 e. The summed E-state index contributed by atoms with van der Waals surface area (Å²) in [6, 6.07) is 25.3. The Balaban J connectivity index is 1.56. The van der Waals surface area contributed by atoms with Gasteiger partial charge in [0.25, 0.3) is 0 Å². The highest BCUT2D eigenvalue weighted by atomic mass is 32.2. The first-order chi connectivity index (χ1) is 16.0.